The second-order valence-electron chi connectivity index (χ2n) is 8.27. The molecule has 1 radical (unpaired) electrons. The summed E-state index contributed by atoms with van der Waals surface area (Å²) in [5.41, 5.74) is -2.43. The summed E-state index contributed by atoms with van der Waals surface area (Å²) in [4.78, 5) is 40.1. The van der Waals surface area contributed by atoms with Crippen molar-refractivity contribution in [3.63, 3.8) is 0 Å². The van der Waals surface area contributed by atoms with Crippen LogP contribution in [0, 0.1) is 16.3 Å². The molecular weight excluding hydrogens is 638 g/mol. The van der Waals surface area contributed by atoms with Crippen molar-refractivity contribution in [1.29, 1.82) is 5.26 Å². The van der Waals surface area contributed by atoms with E-state index in [4.69, 9.17) is 24.5 Å². The molecule has 12 nitrogen and oxygen atoms in total. The number of ether oxygens (including phenoxy) is 1. The molecule has 0 saturated carbocycles. The number of esters is 1. The molecule has 0 aromatic heterocycles. The van der Waals surface area contributed by atoms with Crippen LogP contribution in [0.25, 0.3) is 0 Å². The van der Waals surface area contributed by atoms with Crippen molar-refractivity contribution in [3.8, 4) is 6.07 Å². The zero-order valence-electron chi connectivity index (χ0n) is 22.4. The fourth-order valence-corrected chi connectivity index (χ4v) is 3.58. The van der Waals surface area contributed by atoms with Gasteiger partial charge in [0.2, 0.25) is 0 Å². The van der Waals surface area contributed by atoms with Crippen LogP contribution in [-0.2, 0) is 47.4 Å². The Kier molecular flexibility index (Phi) is 22.5. The van der Waals surface area contributed by atoms with Crippen molar-refractivity contribution >= 4 is 34.3 Å². The van der Waals surface area contributed by atoms with Crippen LogP contribution in [0.2, 0.25) is 0 Å². The van der Waals surface area contributed by atoms with Gasteiger partial charge in [0, 0.05) is 96.3 Å². The maximum Gasteiger partial charge on any atom is 0.338 e. The number of carbonyl (C=O) groups excluding carboxylic acids is 2. The number of Topliss-reactive ketones (excluding diaryl/α,β-unsaturated/α-hetero) is 1. The smallest absolute Gasteiger partial charge is 0.338 e. The zero-order chi connectivity index (χ0) is 27.6. The maximum absolute atomic E-state index is 11.4. The van der Waals surface area contributed by atoms with E-state index >= 15 is 0 Å². The molecule has 0 aromatic rings. The molecule has 0 aliphatic carbocycles. The van der Waals surface area contributed by atoms with Crippen molar-refractivity contribution < 1.29 is 57.6 Å². The Morgan fingerprint density at radius 1 is 0.919 bits per heavy atom. The average Bonchev–Trinajstić information content (AvgIpc) is 2.92. The first-order chi connectivity index (χ1) is 17.1. The van der Waals surface area contributed by atoms with Crippen molar-refractivity contribution in [1.82, 2.24) is 15.2 Å². The van der Waals surface area contributed by atoms with E-state index in [-0.39, 0.29) is 18.6 Å². The standard InChI is InChI=1S/C9H17NO4.C7H12N2O2.C6H11NO2.CH2I.V/c1-3-14-8(11)9(12)4-6-10(13-2)7-5-9;1-11-9-4-2-7(10,6-8)3-5-9;1-9-7-4-2-6(8)3-5-7;1-2;/h12H,3-7H2,1-2H3;10H,2-5H2,1H3;2-5H2,1H3;1H2;/q;;;-1;. The number of piperidine rings is 3. The molecule has 2 N–H and O–H groups in total. The molecule has 14 heteroatoms. The molecule has 3 aliphatic heterocycles. The van der Waals surface area contributed by atoms with Crippen LogP contribution in [-0.4, -0.2) is 116 Å². The molecular formula is C23H42IN4O8V-. The summed E-state index contributed by atoms with van der Waals surface area (Å²) in [5, 5.41) is 33.2. The summed E-state index contributed by atoms with van der Waals surface area (Å²) in [6.07, 6.45) is 2.95. The summed E-state index contributed by atoms with van der Waals surface area (Å²) in [6, 6.07) is 1.90. The monoisotopic (exact) mass is 680 g/mol. The number of halogens is 1. The van der Waals surface area contributed by atoms with E-state index in [0.717, 1.165) is 13.1 Å². The molecule has 3 heterocycles. The molecule has 0 bridgehead atoms. The van der Waals surface area contributed by atoms with E-state index in [1.165, 1.54) is 0 Å². The van der Waals surface area contributed by atoms with Gasteiger partial charge in [-0.15, -0.1) is 0 Å². The summed E-state index contributed by atoms with van der Waals surface area (Å²) in [6.45, 7) is 5.89. The third-order valence-corrected chi connectivity index (χ3v) is 6.02. The minimum absolute atomic E-state index is 0. The van der Waals surface area contributed by atoms with Crippen molar-refractivity contribution in [3.05, 3.63) is 4.93 Å². The Hall–Kier alpha value is -0.376. The van der Waals surface area contributed by atoms with Gasteiger partial charge < -0.3 is 52.1 Å². The molecule has 3 fully saturated rings. The zero-order valence-corrected chi connectivity index (χ0v) is 25.9. The van der Waals surface area contributed by atoms with Crippen LogP contribution in [0.15, 0.2) is 0 Å². The predicted molar refractivity (Wildman–Crippen MR) is 140 cm³/mol. The average molecular weight is 680 g/mol. The number of hydrogen-bond donors (Lipinski definition) is 2. The number of rotatable bonds is 5. The molecule has 37 heavy (non-hydrogen) atoms. The van der Waals surface area contributed by atoms with Crippen LogP contribution >= 0.6 is 22.6 Å². The van der Waals surface area contributed by atoms with Crippen molar-refractivity contribution in [2.45, 2.75) is 56.7 Å². The van der Waals surface area contributed by atoms with E-state index in [1.807, 2.05) is 28.7 Å². The summed E-state index contributed by atoms with van der Waals surface area (Å²) in [5.74, 6) is -0.168. The largest absolute Gasteiger partial charge is 0.464 e. The Morgan fingerprint density at radius 2 is 1.30 bits per heavy atom. The predicted octanol–water partition coefficient (Wildman–Crippen LogP) is 1.26. The molecule has 215 valence electrons. The molecule has 0 amide bonds. The van der Waals surface area contributed by atoms with Gasteiger partial charge in [-0.05, 0) is 6.92 Å². The SMILES string of the molecule is CCOC(=O)C1(O)CCN(OC)CC1.CON1CCC(=O)CC1.CON1CCC(O)(C#N)CC1.[CH2-]I.[V]. The second kappa shape index (κ2) is 21.4. The second-order valence-corrected chi connectivity index (χ2v) is 8.27. The molecule has 0 atom stereocenters. The first-order valence-corrected chi connectivity index (χ1v) is 13.4. The minimum atomic E-state index is -1.31. The third-order valence-electron chi connectivity index (χ3n) is 6.02. The number of hydrogen-bond acceptors (Lipinski definition) is 12. The molecule has 0 spiro atoms. The van der Waals surface area contributed by atoms with Gasteiger partial charge in [0.05, 0.1) is 34.0 Å². The number of aliphatic hydroxyl groups is 2. The van der Waals surface area contributed by atoms with E-state index < -0.39 is 17.2 Å². The fraction of sp³-hybridized carbons (Fsp3) is 0.826. The first kappa shape index (κ1) is 38.8. The fourth-order valence-electron chi connectivity index (χ4n) is 3.58. The van der Waals surface area contributed by atoms with Gasteiger partial charge in [-0.25, -0.2) is 4.79 Å². The van der Waals surface area contributed by atoms with Gasteiger partial charge in [-0.1, -0.05) is 0 Å². The van der Waals surface area contributed by atoms with E-state index in [9.17, 15) is 19.8 Å². The summed E-state index contributed by atoms with van der Waals surface area (Å²) >= 11 is 1.90. The molecule has 0 unspecified atom stereocenters. The van der Waals surface area contributed by atoms with Crippen LogP contribution in [0.1, 0.15) is 45.4 Å². The number of nitriles is 1. The van der Waals surface area contributed by atoms with E-state index in [2.05, 4.69) is 4.93 Å². The Bertz CT molecular complexity index is 660. The normalized spacial score (nSPS) is 21.2. The van der Waals surface area contributed by atoms with Crippen LogP contribution in [0.3, 0.4) is 0 Å². The van der Waals surface area contributed by atoms with Gasteiger partial charge in [0.15, 0.2) is 11.2 Å². The number of nitrogens with zero attached hydrogens (tertiary/aromatic N) is 4. The van der Waals surface area contributed by atoms with Gasteiger partial charge in [0.1, 0.15) is 5.78 Å². The van der Waals surface area contributed by atoms with Crippen LogP contribution in [0.4, 0.5) is 0 Å². The molecule has 3 saturated heterocycles. The van der Waals surface area contributed by atoms with Gasteiger partial charge in [-0.2, -0.15) is 20.5 Å². The maximum atomic E-state index is 11.4. The van der Waals surface area contributed by atoms with E-state index in [1.54, 1.807) is 43.4 Å². The van der Waals surface area contributed by atoms with Crippen LogP contribution in [0.5, 0.6) is 0 Å². The molecule has 3 rings (SSSR count). The van der Waals surface area contributed by atoms with Crippen molar-refractivity contribution in [2.24, 2.45) is 0 Å². The van der Waals surface area contributed by atoms with Crippen LogP contribution < -0.4 is 0 Å². The number of hydroxylamine groups is 6. The summed E-state index contributed by atoms with van der Waals surface area (Å²) < 4.78 is 4.80. The van der Waals surface area contributed by atoms with E-state index in [0.29, 0.717) is 77.1 Å². The topological polar surface area (TPSA) is 145 Å². The number of ketones is 1. The van der Waals surface area contributed by atoms with Crippen molar-refractivity contribution in [2.75, 3.05) is 67.2 Å². The Morgan fingerprint density at radius 3 is 1.65 bits per heavy atom. The quantitative estimate of drug-likeness (QED) is 0.187. The summed E-state index contributed by atoms with van der Waals surface area (Å²) in [7, 11) is 4.81. The Balaban J connectivity index is 0. The third kappa shape index (κ3) is 15.1. The van der Waals surface area contributed by atoms with Gasteiger partial charge >= 0.3 is 5.97 Å². The Labute approximate surface area is 246 Å². The molecule has 3 aliphatic rings. The first-order valence-electron chi connectivity index (χ1n) is 11.8. The number of carbonyl (C=O) groups is 2. The molecule has 0 aromatic carbocycles. The minimum Gasteiger partial charge on any atom is -0.464 e. The van der Waals surface area contributed by atoms with Gasteiger partial charge in [-0.3, -0.25) is 9.73 Å². The van der Waals surface area contributed by atoms with Gasteiger partial charge in [0.25, 0.3) is 0 Å².